The number of nitrogens with one attached hydrogen (secondary N) is 1. The fourth-order valence-electron chi connectivity index (χ4n) is 3.77. The van der Waals surface area contributed by atoms with Gasteiger partial charge in [-0.2, -0.15) is 0 Å². The van der Waals surface area contributed by atoms with Gasteiger partial charge in [-0.25, -0.2) is 4.79 Å². The number of carbonyl (C=O) groups is 3. The maximum atomic E-state index is 12.6. The third-order valence-corrected chi connectivity index (χ3v) is 5.60. The third-order valence-electron chi connectivity index (χ3n) is 5.60. The first-order valence-corrected chi connectivity index (χ1v) is 11.1. The number of ether oxygens (including phenoxy) is 2. The van der Waals surface area contributed by atoms with Crippen LogP contribution in [0.25, 0.3) is 0 Å². The first-order chi connectivity index (χ1) is 16.5. The number of amides is 2. The van der Waals surface area contributed by atoms with E-state index in [9.17, 15) is 14.4 Å². The molecule has 0 radical (unpaired) electrons. The molecule has 1 aliphatic heterocycles. The normalized spacial score (nSPS) is 13.0. The molecule has 0 saturated carbocycles. The van der Waals surface area contributed by atoms with Crippen LogP contribution in [0.4, 0.5) is 11.4 Å². The number of nitrogens with zero attached hydrogens (tertiary/aromatic N) is 1. The zero-order valence-corrected chi connectivity index (χ0v) is 19.0. The van der Waals surface area contributed by atoms with Crippen LogP contribution < -0.4 is 15.0 Å². The molecule has 2 amide bonds. The SMILES string of the molecule is Cc1ccccc1COc1ccccc1C(=O)OCC(=O)Nc1cccc(N2CCCC2=O)c1. The number of rotatable bonds is 8. The van der Waals surface area contributed by atoms with Gasteiger partial charge < -0.3 is 19.7 Å². The highest BCUT2D eigenvalue weighted by molar-refractivity contribution is 5.98. The Morgan fingerprint density at radius 2 is 1.79 bits per heavy atom. The maximum absolute atomic E-state index is 12.6. The van der Waals surface area contributed by atoms with Crippen molar-refractivity contribution in [1.29, 1.82) is 0 Å². The minimum atomic E-state index is -0.646. The average molecular weight is 459 g/mol. The van der Waals surface area contributed by atoms with E-state index in [0.29, 0.717) is 31.0 Å². The Bertz CT molecular complexity index is 1210. The highest BCUT2D eigenvalue weighted by Gasteiger charge is 2.22. The second-order valence-electron chi connectivity index (χ2n) is 8.03. The zero-order valence-electron chi connectivity index (χ0n) is 19.0. The minimum Gasteiger partial charge on any atom is -0.488 e. The number of anilines is 2. The standard InChI is InChI=1S/C27H26N2O5/c1-19-8-2-3-9-20(19)17-33-24-13-5-4-12-23(24)27(32)34-18-25(30)28-21-10-6-11-22(16-21)29-15-7-14-26(29)31/h2-6,8-13,16H,7,14-15,17-18H2,1H3,(H,28,30). The molecule has 1 fully saturated rings. The molecule has 0 atom stereocenters. The highest BCUT2D eigenvalue weighted by atomic mass is 16.5. The smallest absolute Gasteiger partial charge is 0.342 e. The van der Waals surface area contributed by atoms with E-state index >= 15 is 0 Å². The molecule has 3 aromatic carbocycles. The number of carbonyl (C=O) groups excluding carboxylic acids is 3. The summed E-state index contributed by atoms with van der Waals surface area (Å²) in [6, 6.07) is 21.7. The van der Waals surface area contributed by atoms with Crippen molar-refractivity contribution in [2.24, 2.45) is 0 Å². The van der Waals surface area contributed by atoms with Gasteiger partial charge in [-0.3, -0.25) is 9.59 Å². The van der Waals surface area contributed by atoms with Gasteiger partial charge in [0.05, 0.1) is 0 Å². The summed E-state index contributed by atoms with van der Waals surface area (Å²) in [4.78, 5) is 38.7. The topological polar surface area (TPSA) is 84.9 Å². The Hall–Kier alpha value is -4.13. The van der Waals surface area contributed by atoms with Crippen LogP contribution >= 0.6 is 0 Å². The summed E-state index contributed by atoms with van der Waals surface area (Å²) in [5.74, 6) is -0.664. The van der Waals surface area contributed by atoms with Gasteiger partial charge in [0, 0.05) is 24.3 Å². The summed E-state index contributed by atoms with van der Waals surface area (Å²) in [6.45, 7) is 2.53. The molecule has 174 valence electrons. The van der Waals surface area contributed by atoms with E-state index in [1.807, 2.05) is 37.3 Å². The number of benzene rings is 3. The molecule has 1 N–H and O–H groups in total. The second-order valence-corrected chi connectivity index (χ2v) is 8.03. The molecular weight excluding hydrogens is 432 g/mol. The largest absolute Gasteiger partial charge is 0.488 e. The van der Waals surface area contributed by atoms with Crippen molar-refractivity contribution in [3.63, 3.8) is 0 Å². The van der Waals surface area contributed by atoms with Crippen LogP contribution in [0.1, 0.15) is 34.3 Å². The van der Waals surface area contributed by atoms with Crippen molar-refractivity contribution in [3.8, 4) is 5.75 Å². The number of esters is 1. The molecule has 1 aliphatic rings. The van der Waals surface area contributed by atoms with Gasteiger partial charge in [0.2, 0.25) is 5.91 Å². The Morgan fingerprint density at radius 1 is 1.00 bits per heavy atom. The predicted molar refractivity (Wildman–Crippen MR) is 129 cm³/mol. The minimum absolute atomic E-state index is 0.0701. The summed E-state index contributed by atoms with van der Waals surface area (Å²) < 4.78 is 11.1. The van der Waals surface area contributed by atoms with Gasteiger partial charge in [0.15, 0.2) is 6.61 Å². The van der Waals surface area contributed by atoms with E-state index in [0.717, 1.165) is 23.2 Å². The molecule has 7 nitrogen and oxygen atoms in total. The van der Waals surface area contributed by atoms with Crippen LogP contribution in [0, 0.1) is 6.92 Å². The van der Waals surface area contributed by atoms with Gasteiger partial charge in [-0.15, -0.1) is 0 Å². The van der Waals surface area contributed by atoms with Crippen LogP contribution in [0.15, 0.2) is 72.8 Å². The van der Waals surface area contributed by atoms with E-state index < -0.39 is 18.5 Å². The molecule has 0 aromatic heterocycles. The molecule has 34 heavy (non-hydrogen) atoms. The molecule has 7 heteroatoms. The Balaban J connectivity index is 1.34. The van der Waals surface area contributed by atoms with Crippen LogP contribution in [-0.2, 0) is 20.9 Å². The first kappa shape index (κ1) is 23.0. The molecule has 0 bridgehead atoms. The van der Waals surface area contributed by atoms with Crippen LogP contribution in [0.3, 0.4) is 0 Å². The maximum Gasteiger partial charge on any atom is 0.342 e. The lowest BCUT2D eigenvalue weighted by molar-refractivity contribution is -0.119. The lowest BCUT2D eigenvalue weighted by Crippen LogP contribution is -2.24. The predicted octanol–water partition coefficient (Wildman–Crippen LogP) is 4.50. The molecule has 0 aliphatic carbocycles. The summed E-state index contributed by atoms with van der Waals surface area (Å²) in [5.41, 5.74) is 3.62. The van der Waals surface area contributed by atoms with E-state index in [1.165, 1.54) is 0 Å². The van der Waals surface area contributed by atoms with E-state index in [1.54, 1.807) is 47.4 Å². The molecule has 0 unspecified atom stereocenters. The van der Waals surface area contributed by atoms with Crippen LogP contribution in [0.5, 0.6) is 5.75 Å². The van der Waals surface area contributed by atoms with Gasteiger partial charge in [0.1, 0.15) is 17.9 Å². The fourth-order valence-corrected chi connectivity index (χ4v) is 3.77. The quantitative estimate of drug-likeness (QED) is 0.503. The summed E-state index contributed by atoms with van der Waals surface area (Å²) >= 11 is 0. The average Bonchev–Trinajstić information content (AvgIpc) is 3.28. The highest BCUT2D eigenvalue weighted by Crippen LogP contribution is 2.24. The molecule has 4 rings (SSSR count). The van der Waals surface area contributed by atoms with Gasteiger partial charge >= 0.3 is 5.97 Å². The number of hydrogen-bond donors (Lipinski definition) is 1. The lowest BCUT2D eigenvalue weighted by atomic mass is 10.1. The van der Waals surface area contributed by atoms with Crippen molar-refractivity contribution in [2.45, 2.75) is 26.4 Å². The van der Waals surface area contributed by atoms with Crippen molar-refractivity contribution in [1.82, 2.24) is 0 Å². The molecular formula is C27H26N2O5. The van der Waals surface area contributed by atoms with Crippen LogP contribution in [-0.4, -0.2) is 30.9 Å². The first-order valence-electron chi connectivity index (χ1n) is 11.1. The molecule has 1 heterocycles. The Morgan fingerprint density at radius 3 is 2.59 bits per heavy atom. The van der Waals surface area contributed by atoms with Crippen molar-refractivity contribution >= 4 is 29.2 Å². The number of aryl methyl sites for hydroxylation is 1. The summed E-state index contributed by atoms with van der Waals surface area (Å²) in [7, 11) is 0. The summed E-state index contributed by atoms with van der Waals surface area (Å²) in [5, 5.41) is 2.71. The number of hydrogen-bond acceptors (Lipinski definition) is 5. The second kappa shape index (κ2) is 10.7. The zero-order chi connectivity index (χ0) is 23.9. The van der Waals surface area contributed by atoms with Gasteiger partial charge in [-0.1, -0.05) is 42.5 Å². The van der Waals surface area contributed by atoms with Crippen molar-refractivity contribution < 1.29 is 23.9 Å². The van der Waals surface area contributed by atoms with Gasteiger partial charge in [-0.05, 0) is 54.8 Å². The fraction of sp³-hybridized carbons (Fsp3) is 0.222. The van der Waals surface area contributed by atoms with Gasteiger partial charge in [0.25, 0.3) is 5.91 Å². The van der Waals surface area contributed by atoms with Crippen molar-refractivity contribution in [2.75, 3.05) is 23.4 Å². The Kier molecular flexibility index (Phi) is 7.22. The monoisotopic (exact) mass is 458 g/mol. The summed E-state index contributed by atoms with van der Waals surface area (Å²) in [6.07, 6.45) is 1.35. The third kappa shape index (κ3) is 5.61. The Labute approximate surface area is 198 Å². The van der Waals surface area contributed by atoms with Crippen LogP contribution in [0.2, 0.25) is 0 Å². The molecule has 0 spiro atoms. The number of para-hydroxylation sites is 1. The molecule has 3 aromatic rings. The lowest BCUT2D eigenvalue weighted by Gasteiger charge is -2.17. The van der Waals surface area contributed by atoms with Crippen molar-refractivity contribution in [3.05, 3.63) is 89.5 Å². The van der Waals surface area contributed by atoms with E-state index in [2.05, 4.69) is 5.32 Å². The van der Waals surface area contributed by atoms with E-state index in [4.69, 9.17) is 9.47 Å². The molecule has 1 saturated heterocycles. The van der Waals surface area contributed by atoms with E-state index in [-0.39, 0.29) is 11.5 Å².